The fourth-order valence-electron chi connectivity index (χ4n) is 1.56. The average Bonchev–Trinajstić information content (AvgIpc) is 2.36. The Morgan fingerprint density at radius 3 is 2.76 bits per heavy atom. The van der Waals surface area contributed by atoms with Crippen LogP contribution in [0.25, 0.3) is 6.08 Å². The Kier molecular flexibility index (Phi) is 6.18. The van der Waals surface area contributed by atoms with Gasteiger partial charge in [0.1, 0.15) is 13.2 Å². The van der Waals surface area contributed by atoms with Crippen molar-refractivity contribution in [3.05, 3.63) is 29.8 Å². The molecule has 0 amide bonds. The highest BCUT2D eigenvalue weighted by Gasteiger charge is 2.04. The second kappa shape index (κ2) is 7.74. The maximum Gasteiger partial charge on any atom is 0.161 e. The van der Waals surface area contributed by atoms with Gasteiger partial charge in [-0.25, -0.2) is 0 Å². The van der Waals surface area contributed by atoms with E-state index in [1.807, 2.05) is 37.3 Å². The molecule has 1 rings (SSSR count). The molecule has 1 aromatic carbocycles. The number of rotatable bonds is 7. The summed E-state index contributed by atoms with van der Waals surface area (Å²) < 4.78 is 11.0. The molecule has 0 fully saturated rings. The lowest BCUT2D eigenvalue weighted by molar-refractivity contribution is -0.652. The van der Waals surface area contributed by atoms with Crippen LogP contribution in [-0.4, -0.2) is 26.8 Å². The van der Waals surface area contributed by atoms with Crippen LogP contribution in [0.2, 0.25) is 0 Å². The second-order valence-electron chi connectivity index (χ2n) is 3.74. The zero-order valence-corrected chi connectivity index (χ0v) is 10.9. The average molecular weight is 236 g/mol. The molecule has 2 N–H and O–H groups in total. The van der Waals surface area contributed by atoms with Crippen molar-refractivity contribution in [1.29, 1.82) is 0 Å². The molecular formula is C14H22NO2+. The predicted molar refractivity (Wildman–Crippen MR) is 70.5 cm³/mol. The van der Waals surface area contributed by atoms with Crippen LogP contribution in [0.5, 0.6) is 11.5 Å². The first-order valence-electron chi connectivity index (χ1n) is 6.07. The van der Waals surface area contributed by atoms with E-state index in [1.165, 1.54) is 0 Å². The van der Waals surface area contributed by atoms with E-state index in [2.05, 4.69) is 12.2 Å². The molecule has 0 aliphatic carbocycles. The summed E-state index contributed by atoms with van der Waals surface area (Å²) in [6.07, 6.45) is 4.04. The minimum atomic E-state index is 0.702. The number of methoxy groups -OCH3 is 1. The largest absolute Gasteiger partial charge is 0.493 e. The van der Waals surface area contributed by atoms with Crippen LogP contribution < -0.4 is 14.8 Å². The van der Waals surface area contributed by atoms with Gasteiger partial charge in [0.25, 0.3) is 0 Å². The Morgan fingerprint density at radius 1 is 1.29 bits per heavy atom. The molecule has 0 aliphatic heterocycles. The van der Waals surface area contributed by atoms with Crippen molar-refractivity contribution >= 4 is 6.08 Å². The third-order valence-electron chi connectivity index (χ3n) is 2.42. The molecule has 1 aromatic rings. The molecular weight excluding hydrogens is 214 g/mol. The van der Waals surface area contributed by atoms with Gasteiger partial charge in [-0.3, -0.25) is 0 Å². The molecule has 0 saturated heterocycles. The fourth-order valence-corrected chi connectivity index (χ4v) is 1.56. The van der Waals surface area contributed by atoms with Gasteiger partial charge in [-0.2, -0.15) is 0 Å². The molecule has 0 atom stereocenters. The van der Waals surface area contributed by atoms with E-state index >= 15 is 0 Å². The summed E-state index contributed by atoms with van der Waals surface area (Å²) in [6, 6.07) is 5.97. The summed E-state index contributed by atoms with van der Waals surface area (Å²) in [5.41, 5.74) is 1.12. The van der Waals surface area contributed by atoms with Crippen LogP contribution in [0.1, 0.15) is 19.4 Å². The molecule has 17 heavy (non-hydrogen) atoms. The summed E-state index contributed by atoms with van der Waals surface area (Å²) in [5.74, 6) is 1.60. The van der Waals surface area contributed by atoms with Crippen molar-refractivity contribution in [2.45, 2.75) is 13.8 Å². The number of quaternary nitrogens is 1. The molecule has 0 saturated carbocycles. The lowest BCUT2D eigenvalue weighted by Gasteiger charge is -2.10. The van der Waals surface area contributed by atoms with Crippen LogP contribution in [0.15, 0.2) is 24.3 Å². The van der Waals surface area contributed by atoms with Crippen LogP contribution in [0.4, 0.5) is 0 Å². The fraction of sp³-hybridized carbons (Fsp3) is 0.429. The van der Waals surface area contributed by atoms with E-state index in [9.17, 15) is 0 Å². The van der Waals surface area contributed by atoms with Crippen molar-refractivity contribution in [1.82, 2.24) is 0 Å². The normalized spacial score (nSPS) is 10.8. The van der Waals surface area contributed by atoms with E-state index in [-0.39, 0.29) is 0 Å². The zero-order chi connectivity index (χ0) is 12.5. The quantitative estimate of drug-likeness (QED) is 0.731. The minimum Gasteiger partial charge on any atom is -0.493 e. The number of likely N-dealkylation sites (N-methyl/N-ethyl adjacent to an activating group) is 1. The molecule has 0 aliphatic rings. The van der Waals surface area contributed by atoms with Gasteiger partial charge in [-0.1, -0.05) is 18.2 Å². The number of ether oxygens (including phenoxy) is 2. The maximum atomic E-state index is 5.68. The summed E-state index contributed by atoms with van der Waals surface area (Å²) >= 11 is 0. The summed E-state index contributed by atoms with van der Waals surface area (Å²) in [5, 5.41) is 2.21. The van der Waals surface area contributed by atoms with E-state index in [0.717, 1.165) is 30.2 Å². The van der Waals surface area contributed by atoms with E-state index in [0.29, 0.717) is 6.61 Å². The predicted octanol–water partition coefficient (Wildman–Crippen LogP) is 1.69. The molecule has 0 heterocycles. The standard InChI is InChI=1S/C14H21NO2/c1-4-6-12-7-8-13(14(11-12)16-3)17-10-9-15-5-2/h4,6-8,11,15H,5,9-10H2,1-3H3/p+1/b6-4+. The molecule has 94 valence electrons. The molecule has 0 unspecified atom stereocenters. The van der Waals surface area contributed by atoms with Gasteiger partial charge in [0.15, 0.2) is 11.5 Å². The Balaban J connectivity index is 2.64. The highest BCUT2D eigenvalue weighted by Crippen LogP contribution is 2.28. The van der Waals surface area contributed by atoms with Gasteiger partial charge in [-0.15, -0.1) is 0 Å². The lowest BCUT2D eigenvalue weighted by Crippen LogP contribution is -2.84. The van der Waals surface area contributed by atoms with Gasteiger partial charge in [0.2, 0.25) is 0 Å². The maximum absolute atomic E-state index is 5.68. The monoisotopic (exact) mass is 236 g/mol. The van der Waals surface area contributed by atoms with Gasteiger partial charge < -0.3 is 14.8 Å². The van der Waals surface area contributed by atoms with Crippen LogP contribution >= 0.6 is 0 Å². The Morgan fingerprint density at radius 2 is 2.12 bits per heavy atom. The molecule has 3 heteroatoms. The SMILES string of the molecule is C/C=C/c1ccc(OCC[NH2+]CC)c(OC)c1. The lowest BCUT2D eigenvalue weighted by atomic mass is 10.2. The van der Waals surface area contributed by atoms with Crippen molar-refractivity contribution < 1.29 is 14.8 Å². The Labute approximate surface area is 103 Å². The van der Waals surface area contributed by atoms with Gasteiger partial charge in [0, 0.05) is 0 Å². The summed E-state index contributed by atoms with van der Waals surface area (Å²) in [4.78, 5) is 0. The number of nitrogens with two attached hydrogens (primary N) is 1. The Bertz CT molecular complexity index is 361. The van der Waals surface area contributed by atoms with Crippen molar-refractivity contribution in [3.63, 3.8) is 0 Å². The van der Waals surface area contributed by atoms with E-state index in [4.69, 9.17) is 9.47 Å². The highest BCUT2D eigenvalue weighted by molar-refractivity contribution is 5.55. The first-order valence-corrected chi connectivity index (χ1v) is 6.07. The first-order chi connectivity index (χ1) is 8.31. The third-order valence-corrected chi connectivity index (χ3v) is 2.42. The van der Waals surface area contributed by atoms with E-state index in [1.54, 1.807) is 7.11 Å². The molecule has 0 aromatic heterocycles. The first kappa shape index (κ1) is 13.6. The third kappa shape index (κ3) is 4.49. The Hall–Kier alpha value is -1.48. The second-order valence-corrected chi connectivity index (χ2v) is 3.74. The summed E-state index contributed by atoms with van der Waals surface area (Å²) in [6.45, 7) is 6.88. The molecule has 0 spiro atoms. The minimum absolute atomic E-state index is 0.702. The topological polar surface area (TPSA) is 35.1 Å². The van der Waals surface area contributed by atoms with Crippen molar-refractivity contribution in [3.8, 4) is 11.5 Å². The van der Waals surface area contributed by atoms with Crippen molar-refractivity contribution in [2.24, 2.45) is 0 Å². The van der Waals surface area contributed by atoms with Crippen LogP contribution in [-0.2, 0) is 0 Å². The van der Waals surface area contributed by atoms with Gasteiger partial charge in [-0.05, 0) is 31.5 Å². The zero-order valence-electron chi connectivity index (χ0n) is 10.9. The van der Waals surface area contributed by atoms with E-state index < -0.39 is 0 Å². The number of hydrogen-bond donors (Lipinski definition) is 1. The molecule has 0 bridgehead atoms. The van der Waals surface area contributed by atoms with Crippen LogP contribution in [0.3, 0.4) is 0 Å². The molecule has 3 nitrogen and oxygen atoms in total. The highest BCUT2D eigenvalue weighted by atomic mass is 16.5. The van der Waals surface area contributed by atoms with Gasteiger partial charge >= 0.3 is 0 Å². The summed E-state index contributed by atoms with van der Waals surface area (Å²) in [7, 11) is 1.67. The number of benzene rings is 1. The molecule has 0 radical (unpaired) electrons. The number of allylic oxidation sites excluding steroid dienone is 1. The van der Waals surface area contributed by atoms with Crippen molar-refractivity contribution in [2.75, 3.05) is 26.8 Å². The smallest absolute Gasteiger partial charge is 0.161 e. The number of hydrogen-bond acceptors (Lipinski definition) is 2. The van der Waals surface area contributed by atoms with Crippen LogP contribution in [0, 0.1) is 0 Å². The van der Waals surface area contributed by atoms with Gasteiger partial charge in [0.05, 0.1) is 13.7 Å².